The van der Waals surface area contributed by atoms with Gasteiger partial charge in [-0.05, 0) is 24.6 Å². The summed E-state index contributed by atoms with van der Waals surface area (Å²) in [5.74, 6) is -3.83. The number of nitrogens with zero attached hydrogens (tertiary/aromatic N) is 1. The van der Waals surface area contributed by atoms with Crippen LogP contribution in [-0.4, -0.2) is 42.6 Å². The van der Waals surface area contributed by atoms with E-state index in [2.05, 4.69) is 15.9 Å². The van der Waals surface area contributed by atoms with E-state index < -0.39 is 29.9 Å². The molecule has 2 unspecified atom stereocenters. The van der Waals surface area contributed by atoms with Crippen LogP contribution in [0, 0.1) is 5.92 Å². The summed E-state index contributed by atoms with van der Waals surface area (Å²) in [6, 6.07) is 6.93. The fourth-order valence-corrected chi connectivity index (χ4v) is 2.95. The third-order valence-electron chi connectivity index (χ3n) is 3.74. The van der Waals surface area contributed by atoms with Gasteiger partial charge in [0.15, 0.2) is 0 Å². The van der Waals surface area contributed by atoms with Gasteiger partial charge in [-0.15, -0.1) is 0 Å². The second-order valence-corrected chi connectivity index (χ2v) is 6.14. The van der Waals surface area contributed by atoms with Gasteiger partial charge in [0, 0.05) is 23.5 Å². The molecule has 0 aliphatic carbocycles. The first-order valence-corrected chi connectivity index (χ1v) is 7.81. The number of alkyl halides is 3. The summed E-state index contributed by atoms with van der Waals surface area (Å²) in [5, 5.41) is 0. The Hall–Kier alpha value is -1.57. The maximum absolute atomic E-state index is 12.6. The Labute approximate surface area is 139 Å². The van der Waals surface area contributed by atoms with E-state index in [1.807, 2.05) is 0 Å². The number of rotatable bonds is 3. The average Bonchev–Trinajstić information content (AvgIpc) is 2.91. The van der Waals surface area contributed by atoms with E-state index in [0.717, 1.165) is 4.47 Å². The lowest BCUT2D eigenvalue weighted by molar-refractivity contribution is -0.184. The maximum atomic E-state index is 12.6. The van der Waals surface area contributed by atoms with E-state index in [1.165, 1.54) is 0 Å². The molecule has 0 radical (unpaired) electrons. The molecule has 8 heteroatoms. The predicted molar refractivity (Wildman–Crippen MR) is 79.6 cm³/mol. The monoisotopic (exact) mass is 393 g/mol. The van der Waals surface area contributed by atoms with Crippen molar-refractivity contribution >= 4 is 27.8 Å². The van der Waals surface area contributed by atoms with Crippen LogP contribution in [0.5, 0.6) is 0 Å². The normalized spacial score (nSPS) is 21.3. The average molecular weight is 394 g/mol. The summed E-state index contributed by atoms with van der Waals surface area (Å²) in [5.41, 5.74) is 0.698. The van der Waals surface area contributed by atoms with Crippen LogP contribution in [0.15, 0.2) is 28.7 Å². The molecule has 0 aromatic heterocycles. The number of carbonyl (C=O) groups excluding carboxylic acids is 2. The molecule has 0 bridgehead atoms. The lowest BCUT2D eigenvalue weighted by Gasteiger charge is -2.18. The molecular weight excluding hydrogens is 379 g/mol. The standard InChI is InChI=1S/C15H15BrF3NO3/c1-2-23-13(21)12-8-20(14(22)15(17,18)19)7-11(12)9-3-5-10(16)6-4-9/h3-6,11-12H,2,7-8H2,1H3. The third kappa shape index (κ3) is 4.04. The molecule has 2 atom stereocenters. The maximum Gasteiger partial charge on any atom is 0.471 e. The molecule has 1 fully saturated rings. The molecule has 0 saturated carbocycles. The molecule has 0 N–H and O–H groups in total. The number of hydrogen-bond donors (Lipinski definition) is 0. The van der Waals surface area contributed by atoms with E-state index in [-0.39, 0.29) is 19.7 Å². The SMILES string of the molecule is CCOC(=O)C1CN(C(=O)C(F)(F)F)CC1c1ccc(Br)cc1. The smallest absolute Gasteiger partial charge is 0.466 e. The minimum atomic E-state index is -4.95. The van der Waals surface area contributed by atoms with Gasteiger partial charge < -0.3 is 9.64 Å². The predicted octanol–water partition coefficient (Wildman–Crippen LogP) is 3.12. The Morgan fingerprint density at radius 1 is 1.26 bits per heavy atom. The number of benzene rings is 1. The van der Waals surface area contributed by atoms with Crippen molar-refractivity contribution in [2.24, 2.45) is 5.92 Å². The van der Waals surface area contributed by atoms with Gasteiger partial charge in [0.25, 0.3) is 0 Å². The Balaban J connectivity index is 2.27. The van der Waals surface area contributed by atoms with Crippen LogP contribution < -0.4 is 0 Å². The lowest BCUT2D eigenvalue weighted by Crippen LogP contribution is -2.40. The topological polar surface area (TPSA) is 46.6 Å². The van der Waals surface area contributed by atoms with E-state index in [1.54, 1.807) is 31.2 Å². The number of ether oxygens (including phenoxy) is 1. The number of amides is 1. The Kier molecular flexibility index (Phi) is 5.33. The number of halogens is 4. The highest BCUT2D eigenvalue weighted by molar-refractivity contribution is 9.10. The van der Waals surface area contributed by atoms with Crippen LogP contribution in [-0.2, 0) is 14.3 Å². The molecule has 126 valence electrons. The van der Waals surface area contributed by atoms with Gasteiger partial charge in [-0.2, -0.15) is 13.2 Å². The first-order valence-electron chi connectivity index (χ1n) is 7.02. The second kappa shape index (κ2) is 6.90. The minimum Gasteiger partial charge on any atom is -0.466 e. The van der Waals surface area contributed by atoms with Gasteiger partial charge in [0.2, 0.25) is 0 Å². The van der Waals surface area contributed by atoms with Gasteiger partial charge in [-0.25, -0.2) is 0 Å². The molecule has 23 heavy (non-hydrogen) atoms. The number of hydrogen-bond acceptors (Lipinski definition) is 3. The molecule has 1 amide bonds. The van der Waals surface area contributed by atoms with Crippen molar-refractivity contribution in [3.8, 4) is 0 Å². The van der Waals surface area contributed by atoms with Crippen molar-refractivity contribution in [2.75, 3.05) is 19.7 Å². The van der Waals surface area contributed by atoms with E-state index >= 15 is 0 Å². The van der Waals surface area contributed by atoms with Gasteiger partial charge in [0.05, 0.1) is 12.5 Å². The highest BCUT2D eigenvalue weighted by Crippen LogP contribution is 2.36. The quantitative estimate of drug-likeness (QED) is 0.741. The molecule has 2 rings (SSSR count). The van der Waals surface area contributed by atoms with Crippen molar-refractivity contribution in [3.63, 3.8) is 0 Å². The molecular formula is C15H15BrF3NO3. The van der Waals surface area contributed by atoms with Gasteiger partial charge in [0.1, 0.15) is 0 Å². The summed E-state index contributed by atoms with van der Waals surface area (Å²) >= 11 is 3.28. The first kappa shape index (κ1) is 17.8. The van der Waals surface area contributed by atoms with Crippen LogP contribution in [0.25, 0.3) is 0 Å². The Bertz CT molecular complexity index is 589. The summed E-state index contributed by atoms with van der Waals surface area (Å²) in [4.78, 5) is 24.2. The van der Waals surface area contributed by atoms with E-state index in [0.29, 0.717) is 10.5 Å². The summed E-state index contributed by atoms with van der Waals surface area (Å²) in [6.07, 6.45) is -4.95. The number of likely N-dealkylation sites (tertiary alicyclic amines) is 1. The lowest BCUT2D eigenvalue weighted by atomic mass is 9.89. The zero-order chi connectivity index (χ0) is 17.2. The van der Waals surface area contributed by atoms with Gasteiger partial charge >= 0.3 is 18.1 Å². The van der Waals surface area contributed by atoms with E-state index in [9.17, 15) is 22.8 Å². The Morgan fingerprint density at radius 3 is 2.39 bits per heavy atom. The van der Waals surface area contributed by atoms with Gasteiger partial charge in [-0.1, -0.05) is 28.1 Å². The molecule has 1 aromatic carbocycles. The summed E-state index contributed by atoms with van der Waals surface area (Å²) < 4.78 is 43.7. The number of esters is 1. The molecule has 1 aliphatic rings. The van der Waals surface area contributed by atoms with E-state index in [4.69, 9.17) is 4.74 Å². The molecule has 1 aliphatic heterocycles. The first-order chi connectivity index (χ1) is 10.7. The van der Waals surface area contributed by atoms with Crippen LogP contribution >= 0.6 is 15.9 Å². The molecule has 0 spiro atoms. The van der Waals surface area contributed by atoms with Crippen LogP contribution in [0.4, 0.5) is 13.2 Å². The van der Waals surface area contributed by atoms with Crippen molar-refractivity contribution in [2.45, 2.75) is 19.0 Å². The molecule has 4 nitrogen and oxygen atoms in total. The zero-order valence-electron chi connectivity index (χ0n) is 12.3. The number of carbonyl (C=O) groups is 2. The zero-order valence-corrected chi connectivity index (χ0v) is 13.9. The van der Waals surface area contributed by atoms with Gasteiger partial charge in [-0.3, -0.25) is 9.59 Å². The highest BCUT2D eigenvalue weighted by Gasteiger charge is 2.49. The van der Waals surface area contributed by atoms with Crippen molar-refractivity contribution in [3.05, 3.63) is 34.3 Å². The largest absolute Gasteiger partial charge is 0.471 e. The Morgan fingerprint density at radius 2 is 1.87 bits per heavy atom. The highest BCUT2D eigenvalue weighted by atomic mass is 79.9. The summed E-state index contributed by atoms with van der Waals surface area (Å²) in [7, 11) is 0. The fourth-order valence-electron chi connectivity index (χ4n) is 2.68. The molecule has 1 aromatic rings. The minimum absolute atomic E-state index is 0.135. The van der Waals surface area contributed by atoms with Crippen LogP contribution in [0.1, 0.15) is 18.4 Å². The fraction of sp³-hybridized carbons (Fsp3) is 0.467. The second-order valence-electron chi connectivity index (χ2n) is 5.22. The summed E-state index contributed by atoms with van der Waals surface area (Å²) in [6.45, 7) is 1.30. The van der Waals surface area contributed by atoms with Crippen molar-refractivity contribution < 1.29 is 27.5 Å². The van der Waals surface area contributed by atoms with Crippen molar-refractivity contribution in [1.82, 2.24) is 4.90 Å². The third-order valence-corrected chi connectivity index (χ3v) is 4.27. The van der Waals surface area contributed by atoms with Crippen LogP contribution in [0.3, 0.4) is 0 Å². The van der Waals surface area contributed by atoms with Crippen molar-refractivity contribution in [1.29, 1.82) is 0 Å². The van der Waals surface area contributed by atoms with Crippen LogP contribution in [0.2, 0.25) is 0 Å². The molecule has 1 heterocycles. The molecule has 1 saturated heterocycles.